The zero-order valence-corrected chi connectivity index (χ0v) is 12.8. The van der Waals surface area contributed by atoms with Crippen molar-refractivity contribution >= 4 is 11.6 Å². The molecule has 1 nitrogen and oxygen atoms in total. The molecule has 0 radical (unpaired) electrons. The monoisotopic (exact) mass is 295 g/mol. The molecule has 3 rings (SSSR count). The van der Waals surface area contributed by atoms with Gasteiger partial charge in [0.05, 0.1) is 0 Å². The van der Waals surface area contributed by atoms with E-state index in [1.165, 1.54) is 31.7 Å². The zero-order valence-electron chi connectivity index (χ0n) is 12.0. The lowest BCUT2D eigenvalue weighted by Gasteiger charge is -2.28. The average Bonchev–Trinajstić information content (AvgIpc) is 3.03. The Morgan fingerprint density at radius 3 is 2.85 bits per heavy atom. The zero-order chi connectivity index (χ0) is 14.1. The fourth-order valence-electron chi connectivity index (χ4n) is 4.32. The van der Waals surface area contributed by atoms with Crippen molar-refractivity contribution in [3.63, 3.8) is 0 Å². The van der Waals surface area contributed by atoms with Crippen LogP contribution >= 0.6 is 11.6 Å². The quantitative estimate of drug-likeness (QED) is 0.810. The first-order chi connectivity index (χ1) is 9.67. The summed E-state index contributed by atoms with van der Waals surface area (Å²) in [7, 11) is 0. The molecule has 0 heterocycles. The predicted octanol–water partition coefficient (Wildman–Crippen LogP) is 4.96. The highest BCUT2D eigenvalue weighted by molar-refractivity contribution is 6.31. The maximum Gasteiger partial charge on any atom is 0.123 e. The Balaban J connectivity index is 1.76. The minimum absolute atomic E-state index is 0.188. The minimum atomic E-state index is -0.194. The molecule has 3 heteroatoms. The van der Waals surface area contributed by atoms with E-state index in [-0.39, 0.29) is 11.9 Å². The van der Waals surface area contributed by atoms with E-state index in [0.29, 0.717) is 5.02 Å². The molecule has 1 aromatic rings. The van der Waals surface area contributed by atoms with Crippen LogP contribution in [0.1, 0.15) is 50.6 Å². The van der Waals surface area contributed by atoms with Crippen LogP contribution in [0, 0.1) is 23.6 Å². The Morgan fingerprint density at radius 2 is 2.20 bits per heavy atom. The molecule has 2 aliphatic carbocycles. The van der Waals surface area contributed by atoms with Gasteiger partial charge in [0.1, 0.15) is 5.82 Å². The summed E-state index contributed by atoms with van der Waals surface area (Å²) in [6.07, 6.45) is 6.69. The lowest BCUT2D eigenvalue weighted by atomic mass is 9.82. The third-order valence-corrected chi connectivity index (χ3v) is 5.55. The first-order valence-corrected chi connectivity index (χ1v) is 8.23. The van der Waals surface area contributed by atoms with Gasteiger partial charge in [-0.1, -0.05) is 24.9 Å². The number of hydrogen-bond acceptors (Lipinski definition) is 1. The Hall–Kier alpha value is -0.600. The van der Waals surface area contributed by atoms with Crippen LogP contribution in [-0.2, 0) is 0 Å². The van der Waals surface area contributed by atoms with Crippen LogP contribution in [0.25, 0.3) is 0 Å². The molecule has 0 saturated heterocycles. The third kappa shape index (κ3) is 2.87. The maximum absolute atomic E-state index is 13.5. The number of rotatable bonds is 5. The molecule has 20 heavy (non-hydrogen) atoms. The van der Waals surface area contributed by atoms with Gasteiger partial charge in [-0.2, -0.15) is 0 Å². The van der Waals surface area contributed by atoms with E-state index >= 15 is 0 Å². The van der Waals surface area contributed by atoms with E-state index in [2.05, 4.69) is 12.2 Å². The van der Waals surface area contributed by atoms with Gasteiger partial charge >= 0.3 is 0 Å². The van der Waals surface area contributed by atoms with Crippen molar-refractivity contribution < 1.29 is 4.39 Å². The molecule has 0 aliphatic heterocycles. The summed E-state index contributed by atoms with van der Waals surface area (Å²) >= 11 is 6.28. The van der Waals surface area contributed by atoms with Gasteiger partial charge in [-0.15, -0.1) is 0 Å². The molecule has 2 bridgehead atoms. The molecule has 2 saturated carbocycles. The third-order valence-electron chi connectivity index (χ3n) is 5.21. The SMILES string of the molecule is CCNC(CC1CC2CCC1C2)c1cc(F)ccc1Cl. The molecule has 1 aromatic carbocycles. The molecule has 1 N–H and O–H groups in total. The molecular formula is C17H23ClFN. The average molecular weight is 296 g/mol. The predicted molar refractivity (Wildman–Crippen MR) is 81.4 cm³/mol. The molecular weight excluding hydrogens is 273 g/mol. The molecule has 4 unspecified atom stereocenters. The van der Waals surface area contributed by atoms with Crippen LogP contribution in [0.5, 0.6) is 0 Å². The van der Waals surface area contributed by atoms with Gasteiger partial charge in [-0.25, -0.2) is 4.39 Å². The van der Waals surface area contributed by atoms with Gasteiger partial charge in [0.25, 0.3) is 0 Å². The second-order valence-electron chi connectivity index (χ2n) is 6.45. The van der Waals surface area contributed by atoms with Crippen LogP contribution in [0.4, 0.5) is 4.39 Å². The highest BCUT2D eigenvalue weighted by Crippen LogP contribution is 2.51. The van der Waals surface area contributed by atoms with Crippen molar-refractivity contribution in [3.8, 4) is 0 Å². The van der Waals surface area contributed by atoms with Gasteiger partial charge in [0.2, 0.25) is 0 Å². The summed E-state index contributed by atoms with van der Waals surface area (Å²) in [5.41, 5.74) is 0.927. The van der Waals surface area contributed by atoms with Crippen molar-refractivity contribution in [2.45, 2.75) is 45.1 Å². The van der Waals surface area contributed by atoms with E-state index < -0.39 is 0 Å². The molecule has 0 aromatic heterocycles. The molecule has 2 aliphatic rings. The van der Waals surface area contributed by atoms with Crippen LogP contribution in [0.15, 0.2) is 18.2 Å². The Kier molecular flexibility index (Phi) is 4.32. The second kappa shape index (κ2) is 6.03. The summed E-state index contributed by atoms with van der Waals surface area (Å²) < 4.78 is 13.5. The number of hydrogen-bond donors (Lipinski definition) is 1. The fraction of sp³-hybridized carbons (Fsp3) is 0.647. The lowest BCUT2D eigenvalue weighted by Crippen LogP contribution is -2.25. The van der Waals surface area contributed by atoms with Crippen LogP contribution in [0.2, 0.25) is 5.02 Å². The molecule has 2 fully saturated rings. The van der Waals surface area contributed by atoms with E-state index in [9.17, 15) is 4.39 Å². The van der Waals surface area contributed by atoms with Crippen LogP contribution in [-0.4, -0.2) is 6.54 Å². The van der Waals surface area contributed by atoms with Gasteiger partial charge in [0, 0.05) is 11.1 Å². The van der Waals surface area contributed by atoms with Crippen molar-refractivity contribution in [1.29, 1.82) is 0 Å². The summed E-state index contributed by atoms with van der Waals surface area (Å²) in [6, 6.07) is 4.90. The minimum Gasteiger partial charge on any atom is -0.310 e. The fourth-order valence-corrected chi connectivity index (χ4v) is 4.57. The van der Waals surface area contributed by atoms with Crippen molar-refractivity contribution in [1.82, 2.24) is 5.32 Å². The summed E-state index contributed by atoms with van der Waals surface area (Å²) in [6.45, 7) is 2.99. The Morgan fingerprint density at radius 1 is 1.35 bits per heavy atom. The number of nitrogens with one attached hydrogen (secondary N) is 1. The first-order valence-electron chi connectivity index (χ1n) is 7.85. The number of benzene rings is 1. The first kappa shape index (κ1) is 14.3. The summed E-state index contributed by atoms with van der Waals surface area (Å²) in [4.78, 5) is 0. The number of fused-ring (bicyclic) bond motifs is 2. The van der Waals surface area contributed by atoms with Gasteiger partial charge in [-0.05, 0) is 73.7 Å². The Bertz CT molecular complexity index is 476. The van der Waals surface area contributed by atoms with E-state index in [4.69, 9.17) is 11.6 Å². The van der Waals surface area contributed by atoms with E-state index in [0.717, 1.165) is 36.3 Å². The lowest BCUT2D eigenvalue weighted by molar-refractivity contribution is 0.280. The largest absolute Gasteiger partial charge is 0.310 e. The molecule has 110 valence electrons. The van der Waals surface area contributed by atoms with Crippen molar-refractivity contribution in [2.24, 2.45) is 17.8 Å². The summed E-state index contributed by atoms with van der Waals surface area (Å²) in [5, 5.41) is 4.18. The molecule has 0 amide bonds. The van der Waals surface area contributed by atoms with Gasteiger partial charge in [-0.3, -0.25) is 0 Å². The Labute approximate surface area is 125 Å². The second-order valence-corrected chi connectivity index (χ2v) is 6.85. The highest BCUT2D eigenvalue weighted by Gasteiger charge is 2.40. The topological polar surface area (TPSA) is 12.0 Å². The van der Waals surface area contributed by atoms with Crippen LogP contribution in [0.3, 0.4) is 0 Å². The highest BCUT2D eigenvalue weighted by atomic mass is 35.5. The normalized spacial score (nSPS) is 29.9. The maximum atomic E-state index is 13.5. The van der Waals surface area contributed by atoms with Crippen LogP contribution < -0.4 is 5.32 Å². The van der Waals surface area contributed by atoms with Crippen molar-refractivity contribution in [2.75, 3.05) is 6.54 Å². The molecule has 0 spiro atoms. The smallest absolute Gasteiger partial charge is 0.123 e. The van der Waals surface area contributed by atoms with Gasteiger partial charge in [0.15, 0.2) is 0 Å². The summed E-state index contributed by atoms with van der Waals surface area (Å²) in [5.74, 6) is 2.45. The number of halogens is 2. The molecule has 4 atom stereocenters. The van der Waals surface area contributed by atoms with Gasteiger partial charge < -0.3 is 5.32 Å². The van der Waals surface area contributed by atoms with E-state index in [1.54, 1.807) is 12.1 Å². The van der Waals surface area contributed by atoms with Crippen molar-refractivity contribution in [3.05, 3.63) is 34.6 Å². The van der Waals surface area contributed by atoms with E-state index in [1.807, 2.05) is 0 Å². The standard InChI is InChI=1S/C17H23ClFN/c1-2-20-17(15-10-14(19)5-6-16(15)18)9-13-8-11-3-4-12(13)7-11/h5-6,10-13,17,20H,2-4,7-9H2,1H3.